The van der Waals surface area contributed by atoms with Crippen LogP contribution in [-0.4, -0.2) is 15.7 Å². The Morgan fingerprint density at radius 1 is 1.12 bits per heavy atom. The molecule has 26 heavy (non-hydrogen) atoms. The first-order valence-electron chi connectivity index (χ1n) is 8.74. The van der Waals surface area contributed by atoms with Crippen molar-refractivity contribution in [1.82, 2.24) is 9.38 Å². The van der Waals surface area contributed by atoms with E-state index < -0.39 is 0 Å². The minimum Gasteiger partial charge on any atom is -0.296 e. The van der Waals surface area contributed by atoms with Gasteiger partial charge in [-0.05, 0) is 37.0 Å². The second kappa shape index (κ2) is 6.54. The maximum Gasteiger partial charge on any atom is 0.195 e. The molecule has 0 atom stereocenters. The third kappa shape index (κ3) is 2.67. The van der Waals surface area contributed by atoms with Crippen molar-refractivity contribution in [2.24, 2.45) is 0 Å². The summed E-state index contributed by atoms with van der Waals surface area (Å²) in [6.07, 6.45) is 1.94. The zero-order valence-corrected chi connectivity index (χ0v) is 15.9. The highest BCUT2D eigenvalue weighted by Gasteiger charge is 2.19. The van der Waals surface area contributed by atoms with E-state index in [1.54, 1.807) is 11.3 Å². The number of imidazole rings is 1. The normalized spacial score (nSPS) is 11.2. The van der Waals surface area contributed by atoms with Gasteiger partial charge in [-0.3, -0.25) is 9.20 Å². The van der Waals surface area contributed by atoms with E-state index in [2.05, 4.69) is 68.6 Å². The summed E-state index contributed by atoms with van der Waals surface area (Å²) >= 11 is 1.57. The van der Waals surface area contributed by atoms with Crippen LogP contribution in [0.25, 0.3) is 27.5 Å². The monoisotopic (exact) mass is 360 g/mol. The van der Waals surface area contributed by atoms with Crippen LogP contribution in [0.1, 0.15) is 34.1 Å². The number of rotatable bonds is 4. The molecule has 0 unspecified atom stereocenters. The van der Waals surface area contributed by atoms with Gasteiger partial charge in [0.2, 0.25) is 0 Å². The third-order valence-corrected chi connectivity index (χ3v) is 5.63. The van der Waals surface area contributed by atoms with E-state index in [-0.39, 0.29) is 0 Å². The van der Waals surface area contributed by atoms with E-state index in [4.69, 9.17) is 4.98 Å². The number of aryl methyl sites for hydroxylation is 3. The number of benzene rings is 2. The molecule has 4 heteroatoms. The fourth-order valence-electron chi connectivity index (χ4n) is 3.38. The fraction of sp³-hybridized carbons (Fsp3) is 0.182. The number of thiazole rings is 1. The molecule has 0 spiro atoms. The SMILES string of the molecule is CCc1ccc(-c2csc3nc(-c4ccc(C)cc4C)c(C=O)n23)cc1. The van der Waals surface area contributed by atoms with Crippen molar-refractivity contribution in [2.45, 2.75) is 27.2 Å². The molecular formula is C22H20N2OS. The zero-order chi connectivity index (χ0) is 18.3. The van der Waals surface area contributed by atoms with E-state index in [0.717, 1.165) is 45.7 Å². The molecule has 0 saturated carbocycles. The van der Waals surface area contributed by atoms with Crippen LogP contribution in [0.5, 0.6) is 0 Å². The van der Waals surface area contributed by atoms with Gasteiger partial charge in [0.15, 0.2) is 11.2 Å². The summed E-state index contributed by atoms with van der Waals surface area (Å²) in [6.45, 7) is 6.28. The second-order valence-electron chi connectivity index (χ2n) is 6.57. The first kappa shape index (κ1) is 16.7. The number of fused-ring (bicyclic) bond motifs is 1. The molecule has 2 aromatic heterocycles. The number of hydrogen-bond acceptors (Lipinski definition) is 3. The Morgan fingerprint density at radius 3 is 2.54 bits per heavy atom. The van der Waals surface area contributed by atoms with Crippen LogP contribution < -0.4 is 0 Å². The van der Waals surface area contributed by atoms with Crippen molar-refractivity contribution in [1.29, 1.82) is 0 Å². The van der Waals surface area contributed by atoms with Crippen molar-refractivity contribution in [3.63, 3.8) is 0 Å². The molecule has 4 aromatic rings. The number of aromatic nitrogens is 2. The first-order chi connectivity index (χ1) is 12.6. The van der Waals surface area contributed by atoms with Crippen LogP contribution in [0.15, 0.2) is 47.8 Å². The van der Waals surface area contributed by atoms with Gasteiger partial charge in [0.1, 0.15) is 11.4 Å². The summed E-state index contributed by atoms with van der Waals surface area (Å²) in [7, 11) is 0. The molecule has 3 nitrogen and oxygen atoms in total. The predicted molar refractivity (Wildman–Crippen MR) is 108 cm³/mol. The summed E-state index contributed by atoms with van der Waals surface area (Å²) in [5.74, 6) is 0. The van der Waals surface area contributed by atoms with Gasteiger partial charge in [0, 0.05) is 10.9 Å². The fourth-order valence-corrected chi connectivity index (χ4v) is 4.28. The Bertz CT molecular complexity index is 1100. The summed E-state index contributed by atoms with van der Waals surface area (Å²) < 4.78 is 1.98. The van der Waals surface area contributed by atoms with Crippen LogP contribution in [0.4, 0.5) is 0 Å². The highest BCUT2D eigenvalue weighted by atomic mass is 32.1. The number of nitrogens with zero attached hydrogens (tertiary/aromatic N) is 2. The van der Waals surface area contributed by atoms with Crippen LogP contribution in [0, 0.1) is 13.8 Å². The van der Waals surface area contributed by atoms with Crippen LogP contribution in [0.3, 0.4) is 0 Å². The molecule has 0 fully saturated rings. The number of aldehydes is 1. The third-order valence-electron chi connectivity index (χ3n) is 4.81. The van der Waals surface area contributed by atoms with Crippen molar-refractivity contribution in [2.75, 3.05) is 0 Å². The quantitative estimate of drug-likeness (QED) is 0.436. The van der Waals surface area contributed by atoms with E-state index in [1.165, 1.54) is 11.1 Å². The van der Waals surface area contributed by atoms with Gasteiger partial charge >= 0.3 is 0 Å². The lowest BCUT2D eigenvalue weighted by atomic mass is 10.0. The van der Waals surface area contributed by atoms with Gasteiger partial charge in [-0.25, -0.2) is 4.98 Å². The summed E-state index contributed by atoms with van der Waals surface area (Å²) in [5, 5.41) is 2.07. The Kier molecular flexibility index (Phi) is 4.21. The molecule has 0 aliphatic rings. The molecule has 0 radical (unpaired) electrons. The summed E-state index contributed by atoms with van der Waals surface area (Å²) in [6, 6.07) is 14.8. The molecule has 130 valence electrons. The van der Waals surface area contributed by atoms with Crippen molar-refractivity contribution >= 4 is 22.6 Å². The molecule has 4 rings (SSSR count). The van der Waals surface area contributed by atoms with Crippen LogP contribution >= 0.6 is 11.3 Å². The Hall–Kier alpha value is -2.72. The zero-order valence-electron chi connectivity index (χ0n) is 15.1. The van der Waals surface area contributed by atoms with Crippen molar-refractivity contribution < 1.29 is 4.79 Å². The largest absolute Gasteiger partial charge is 0.296 e. The lowest BCUT2D eigenvalue weighted by Crippen LogP contribution is -1.95. The Morgan fingerprint density at radius 2 is 1.88 bits per heavy atom. The Labute approximate surface area is 157 Å². The number of hydrogen-bond donors (Lipinski definition) is 0. The molecule has 0 saturated heterocycles. The molecule has 0 aliphatic carbocycles. The molecule has 0 amide bonds. The van der Waals surface area contributed by atoms with Crippen molar-refractivity contribution in [3.05, 3.63) is 70.2 Å². The molecule has 2 aromatic carbocycles. The maximum absolute atomic E-state index is 12.0. The van der Waals surface area contributed by atoms with Gasteiger partial charge in [0.05, 0.1) is 5.69 Å². The van der Waals surface area contributed by atoms with Gasteiger partial charge in [-0.1, -0.05) is 55.0 Å². The minimum atomic E-state index is 0.614. The molecular weight excluding hydrogens is 340 g/mol. The smallest absolute Gasteiger partial charge is 0.195 e. The van der Waals surface area contributed by atoms with Gasteiger partial charge in [0.25, 0.3) is 0 Å². The van der Waals surface area contributed by atoms with E-state index in [1.807, 2.05) is 4.40 Å². The molecule has 2 heterocycles. The standard InChI is InChI=1S/C22H20N2OS/c1-4-16-6-8-17(9-7-16)20-13-26-22-23-21(19(12-25)24(20)22)18-10-5-14(2)11-15(18)3/h5-13H,4H2,1-3H3. The van der Waals surface area contributed by atoms with Gasteiger partial charge in [-0.2, -0.15) is 0 Å². The highest BCUT2D eigenvalue weighted by molar-refractivity contribution is 7.15. The van der Waals surface area contributed by atoms with Crippen LogP contribution in [-0.2, 0) is 6.42 Å². The molecule has 0 aliphatic heterocycles. The van der Waals surface area contributed by atoms with Gasteiger partial charge in [-0.15, -0.1) is 11.3 Å². The first-order valence-corrected chi connectivity index (χ1v) is 9.62. The average Bonchev–Trinajstić information content (AvgIpc) is 3.20. The van der Waals surface area contributed by atoms with E-state index in [9.17, 15) is 4.79 Å². The van der Waals surface area contributed by atoms with E-state index in [0.29, 0.717) is 5.69 Å². The second-order valence-corrected chi connectivity index (χ2v) is 7.41. The molecule has 0 bridgehead atoms. The van der Waals surface area contributed by atoms with Crippen LogP contribution in [0.2, 0.25) is 0 Å². The summed E-state index contributed by atoms with van der Waals surface area (Å²) in [5.41, 5.74) is 8.14. The lowest BCUT2D eigenvalue weighted by molar-refractivity contribution is 0.111. The topological polar surface area (TPSA) is 34.4 Å². The maximum atomic E-state index is 12.0. The number of carbonyl (C=O) groups excluding carboxylic acids is 1. The van der Waals surface area contributed by atoms with Crippen molar-refractivity contribution in [3.8, 4) is 22.5 Å². The van der Waals surface area contributed by atoms with E-state index >= 15 is 0 Å². The average molecular weight is 360 g/mol. The Balaban J connectivity index is 1.92. The number of carbonyl (C=O) groups is 1. The lowest BCUT2D eigenvalue weighted by Gasteiger charge is -2.06. The van der Waals surface area contributed by atoms with Gasteiger partial charge < -0.3 is 0 Å². The highest BCUT2D eigenvalue weighted by Crippen LogP contribution is 2.33. The summed E-state index contributed by atoms with van der Waals surface area (Å²) in [4.78, 5) is 17.6. The predicted octanol–water partition coefficient (Wildman–Crippen LogP) is 5.72. The molecule has 0 N–H and O–H groups in total. The minimum absolute atomic E-state index is 0.614.